The highest BCUT2D eigenvalue weighted by molar-refractivity contribution is 7.89. The lowest BCUT2D eigenvalue weighted by Gasteiger charge is -2.17. The summed E-state index contributed by atoms with van der Waals surface area (Å²) in [6, 6.07) is 3.76. The molecule has 0 bridgehead atoms. The van der Waals surface area contributed by atoms with Gasteiger partial charge in [-0.2, -0.15) is 4.31 Å². The van der Waals surface area contributed by atoms with Gasteiger partial charge in [0.1, 0.15) is 4.90 Å². The molecule has 2 rings (SSSR count). The predicted molar refractivity (Wildman–Crippen MR) is 75.4 cm³/mol. The lowest BCUT2D eigenvalue weighted by Crippen LogP contribution is -2.32. The minimum absolute atomic E-state index is 0.0364. The van der Waals surface area contributed by atoms with E-state index in [1.807, 2.05) is 0 Å². The van der Waals surface area contributed by atoms with Gasteiger partial charge in [-0.05, 0) is 24.6 Å². The predicted octanol–water partition coefficient (Wildman–Crippen LogP) is -1.14. The summed E-state index contributed by atoms with van der Waals surface area (Å²) in [5.74, 6) is -1.71. The first-order valence-corrected chi connectivity index (χ1v) is 7.66. The van der Waals surface area contributed by atoms with E-state index in [9.17, 15) is 18.0 Å². The number of carbonyl (C=O) groups excluding carboxylic acids is 2. The number of hydrogen-bond donors (Lipinski definition) is 3. The number of anilines is 1. The molecular weight excluding hydrogens is 296 g/mol. The van der Waals surface area contributed by atoms with Crippen LogP contribution < -0.4 is 17.2 Å². The van der Waals surface area contributed by atoms with Crippen LogP contribution in [0.5, 0.6) is 0 Å². The van der Waals surface area contributed by atoms with Crippen molar-refractivity contribution in [1.82, 2.24) is 4.31 Å². The quantitative estimate of drug-likeness (QED) is 0.601. The summed E-state index contributed by atoms with van der Waals surface area (Å²) < 4.78 is 26.1. The first-order chi connectivity index (χ1) is 9.73. The van der Waals surface area contributed by atoms with Crippen LogP contribution in [-0.2, 0) is 14.8 Å². The van der Waals surface area contributed by atoms with Gasteiger partial charge < -0.3 is 17.2 Å². The van der Waals surface area contributed by atoms with E-state index < -0.39 is 27.8 Å². The van der Waals surface area contributed by atoms with Crippen LogP contribution in [0.2, 0.25) is 0 Å². The summed E-state index contributed by atoms with van der Waals surface area (Å²) in [6.45, 7) is 0.238. The number of primary amides is 2. The van der Waals surface area contributed by atoms with E-state index in [-0.39, 0.29) is 29.2 Å². The van der Waals surface area contributed by atoms with E-state index in [1.165, 1.54) is 18.2 Å². The number of sulfonamides is 1. The second-order valence-corrected chi connectivity index (χ2v) is 6.77. The van der Waals surface area contributed by atoms with E-state index >= 15 is 0 Å². The van der Waals surface area contributed by atoms with E-state index in [1.54, 1.807) is 0 Å². The van der Waals surface area contributed by atoms with Crippen LogP contribution in [0.4, 0.5) is 5.69 Å². The normalized spacial score (nSPS) is 19.5. The van der Waals surface area contributed by atoms with Crippen LogP contribution in [0.1, 0.15) is 16.8 Å². The highest BCUT2D eigenvalue weighted by atomic mass is 32.2. The molecule has 1 atom stereocenters. The van der Waals surface area contributed by atoms with Crippen LogP contribution in [-0.4, -0.2) is 37.6 Å². The summed E-state index contributed by atoms with van der Waals surface area (Å²) in [4.78, 5) is 22.1. The van der Waals surface area contributed by atoms with Crippen molar-refractivity contribution in [2.45, 2.75) is 11.3 Å². The van der Waals surface area contributed by atoms with Crippen molar-refractivity contribution in [3.63, 3.8) is 0 Å². The molecule has 1 aliphatic heterocycles. The Labute approximate surface area is 121 Å². The first-order valence-electron chi connectivity index (χ1n) is 6.22. The van der Waals surface area contributed by atoms with Gasteiger partial charge in [0.15, 0.2) is 0 Å². The molecule has 114 valence electrons. The summed E-state index contributed by atoms with van der Waals surface area (Å²) in [5, 5.41) is 0. The molecule has 6 N–H and O–H groups in total. The minimum atomic E-state index is -3.83. The lowest BCUT2D eigenvalue weighted by molar-refractivity contribution is -0.121. The smallest absolute Gasteiger partial charge is 0.248 e. The Morgan fingerprint density at radius 3 is 2.38 bits per heavy atom. The van der Waals surface area contributed by atoms with Gasteiger partial charge in [0.05, 0.1) is 11.6 Å². The van der Waals surface area contributed by atoms with Gasteiger partial charge >= 0.3 is 0 Å². The lowest BCUT2D eigenvalue weighted by atomic mass is 10.1. The summed E-state index contributed by atoms with van der Waals surface area (Å²) in [6.07, 6.45) is 0.383. The van der Waals surface area contributed by atoms with Gasteiger partial charge in [-0.25, -0.2) is 8.42 Å². The van der Waals surface area contributed by atoms with E-state index in [2.05, 4.69) is 0 Å². The van der Waals surface area contributed by atoms with Crippen molar-refractivity contribution < 1.29 is 18.0 Å². The second-order valence-electron chi connectivity index (χ2n) is 4.87. The van der Waals surface area contributed by atoms with E-state index in [0.29, 0.717) is 6.42 Å². The average molecular weight is 312 g/mol. The van der Waals surface area contributed by atoms with Gasteiger partial charge in [-0.15, -0.1) is 0 Å². The molecule has 0 spiro atoms. The molecule has 1 fully saturated rings. The van der Waals surface area contributed by atoms with Gasteiger partial charge in [-0.1, -0.05) is 0 Å². The minimum Gasteiger partial charge on any atom is -0.398 e. The third kappa shape index (κ3) is 2.83. The maximum Gasteiger partial charge on any atom is 0.248 e. The topological polar surface area (TPSA) is 150 Å². The number of nitrogen functional groups attached to an aromatic ring is 1. The zero-order valence-electron chi connectivity index (χ0n) is 11.2. The highest BCUT2D eigenvalue weighted by Crippen LogP contribution is 2.28. The van der Waals surface area contributed by atoms with E-state index in [0.717, 1.165) is 4.31 Å². The number of hydrogen-bond acceptors (Lipinski definition) is 5. The van der Waals surface area contributed by atoms with Crippen molar-refractivity contribution >= 4 is 27.5 Å². The molecule has 1 aromatic carbocycles. The van der Waals surface area contributed by atoms with Crippen molar-refractivity contribution in [2.24, 2.45) is 17.4 Å². The first kappa shape index (κ1) is 15.3. The molecule has 8 nitrogen and oxygen atoms in total. The molecule has 21 heavy (non-hydrogen) atoms. The molecule has 1 heterocycles. The summed E-state index contributed by atoms with van der Waals surface area (Å²) >= 11 is 0. The Morgan fingerprint density at radius 2 is 1.90 bits per heavy atom. The summed E-state index contributed by atoms with van der Waals surface area (Å²) in [7, 11) is -3.83. The zero-order valence-corrected chi connectivity index (χ0v) is 12.0. The second kappa shape index (κ2) is 5.34. The highest BCUT2D eigenvalue weighted by Gasteiger charge is 2.35. The number of amides is 2. The maximum absolute atomic E-state index is 12.5. The van der Waals surface area contributed by atoms with Gasteiger partial charge in [0, 0.05) is 18.7 Å². The molecule has 1 aliphatic rings. The van der Waals surface area contributed by atoms with Crippen molar-refractivity contribution in [2.75, 3.05) is 18.8 Å². The standard InChI is InChI=1S/C12H16N4O4S/c13-9-5-7(11(14)17)1-2-10(9)21(19,20)16-4-3-8(6-16)12(15)18/h1-2,5,8H,3-4,6,13H2,(H2,14,17)(H2,15,18). The molecule has 2 amide bonds. The molecular formula is C12H16N4O4S. The SMILES string of the molecule is NC(=O)c1ccc(S(=O)(=O)N2CCC(C(N)=O)C2)c(N)c1. The number of benzene rings is 1. The van der Waals surface area contributed by atoms with Crippen molar-refractivity contribution in [3.05, 3.63) is 23.8 Å². The maximum atomic E-state index is 12.5. The van der Waals surface area contributed by atoms with E-state index in [4.69, 9.17) is 17.2 Å². The number of nitrogens with zero attached hydrogens (tertiary/aromatic N) is 1. The molecule has 0 radical (unpaired) electrons. The molecule has 0 aliphatic carbocycles. The Hall–Kier alpha value is -2.13. The number of rotatable bonds is 4. The van der Waals surface area contributed by atoms with Crippen molar-refractivity contribution in [1.29, 1.82) is 0 Å². The fourth-order valence-electron chi connectivity index (χ4n) is 2.25. The Balaban J connectivity index is 2.33. The molecule has 0 aromatic heterocycles. The Morgan fingerprint density at radius 1 is 1.24 bits per heavy atom. The van der Waals surface area contributed by atoms with Crippen LogP contribution in [0.15, 0.2) is 23.1 Å². The zero-order chi connectivity index (χ0) is 15.8. The van der Waals surface area contributed by atoms with Gasteiger partial charge in [0.25, 0.3) is 0 Å². The third-order valence-corrected chi connectivity index (χ3v) is 5.40. The summed E-state index contributed by atoms with van der Waals surface area (Å²) in [5.41, 5.74) is 16.1. The van der Waals surface area contributed by atoms with Gasteiger partial charge in [0.2, 0.25) is 21.8 Å². The van der Waals surface area contributed by atoms with Gasteiger partial charge in [-0.3, -0.25) is 9.59 Å². The van der Waals surface area contributed by atoms with Crippen LogP contribution in [0.25, 0.3) is 0 Å². The largest absolute Gasteiger partial charge is 0.398 e. The fraction of sp³-hybridized carbons (Fsp3) is 0.333. The van der Waals surface area contributed by atoms with Crippen LogP contribution in [0.3, 0.4) is 0 Å². The molecule has 0 saturated carbocycles. The molecule has 1 aromatic rings. The fourth-order valence-corrected chi connectivity index (χ4v) is 3.85. The van der Waals surface area contributed by atoms with Crippen LogP contribution >= 0.6 is 0 Å². The van der Waals surface area contributed by atoms with Crippen molar-refractivity contribution in [3.8, 4) is 0 Å². The number of carbonyl (C=O) groups is 2. The van der Waals surface area contributed by atoms with Crippen LogP contribution in [0, 0.1) is 5.92 Å². The average Bonchev–Trinajstić information content (AvgIpc) is 2.88. The Kier molecular flexibility index (Phi) is 3.88. The Bertz CT molecular complexity index is 701. The number of nitrogens with two attached hydrogens (primary N) is 3. The monoisotopic (exact) mass is 312 g/mol. The molecule has 1 unspecified atom stereocenters. The molecule has 9 heteroatoms. The third-order valence-electron chi connectivity index (χ3n) is 3.47. The molecule has 1 saturated heterocycles.